The molecular formula is C16H14FN3OS2. The fourth-order valence-corrected chi connectivity index (χ4v) is 3.65. The molecule has 2 N–H and O–H groups in total. The molecule has 1 amide bonds. The van der Waals surface area contributed by atoms with E-state index in [9.17, 15) is 9.18 Å². The SMILES string of the molecule is CC(=O)NCc1ccc(-c2csc(Nc3ccccc3F)n2)s1. The van der Waals surface area contributed by atoms with E-state index in [4.69, 9.17) is 0 Å². The van der Waals surface area contributed by atoms with Gasteiger partial charge in [0, 0.05) is 17.2 Å². The summed E-state index contributed by atoms with van der Waals surface area (Å²) < 4.78 is 13.6. The number of para-hydroxylation sites is 1. The van der Waals surface area contributed by atoms with E-state index in [1.807, 2.05) is 17.5 Å². The standard InChI is InChI=1S/C16H14FN3OS2/c1-10(21)18-8-11-6-7-15(23-11)14-9-22-16(20-14)19-13-5-3-2-4-12(13)17/h2-7,9H,8H2,1H3,(H,18,21)(H,19,20). The first-order valence-corrected chi connectivity index (χ1v) is 8.62. The highest BCUT2D eigenvalue weighted by Gasteiger charge is 2.09. The van der Waals surface area contributed by atoms with Crippen LogP contribution < -0.4 is 10.6 Å². The van der Waals surface area contributed by atoms with Crippen molar-refractivity contribution in [3.8, 4) is 10.6 Å². The smallest absolute Gasteiger partial charge is 0.217 e. The molecule has 7 heteroatoms. The summed E-state index contributed by atoms with van der Waals surface area (Å²) >= 11 is 3.00. The van der Waals surface area contributed by atoms with Gasteiger partial charge in [-0.1, -0.05) is 12.1 Å². The molecule has 0 bridgehead atoms. The van der Waals surface area contributed by atoms with Crippen LogP contribution in [0.5, 0.6) is 0 Å². The molecule has 0 unspecified atom stereocenters. The highest BCUT2D eigenvalue weighted by molar-refractivity contribution is 7.17. The van der Waals surface area contributed by atoms with Crippen LogP contribution in [-0.4, -0.2) is 10.9 Å². The first kappa shape index (κ1) is 15.6. The van der Waals surface area contributed by atoms with Gasteiger partial charge in [-0.3, -0.25) is 4.79 Å². The number of carbonyl (C=O) groups is 1. The molecule has 118 valence electrons. The Labute approximate surface area is 141 Å². The molecule has 0 atom stereocenters. The summed E-state index contributed by atoms with van der Waals surface area (Å²) in [4.78, 5) is 17.5. The van der Waals surface area contributed by atoms with Gasteiger partial charge in [0.2, 0.25) is 5.91 Å². The minimum atomic E-state index is -0.307. The second-order valence-corrected chi connectivity index (χ2v) is 6.84. The number of amides is 1. The van der Waals surface area contributed by atoms with Gasteiger partial charge in [-0.25, -0.2) is 9.37 Å². The number of nitrogens with zero attached hydrogens (tertiary/aromatic N) is 1. The lowest BCUT2D eigenvalue weighted by molar-refractivity contribution is -0.119. The molecule has 1 aromatic carbocycles. The summed E-state index contributed by atoms with van der Waals surface area (Å²) in [5.74, 6) is -0.358. The molecule has 4 nitrogen and oxygen atoms in total. The number of nitrogens with one attached hydrogen (secondary N) is 2. The maximum Gasteiger partial charge on any atom is 0.217 e. The van der Waals surface area contributed by atoms with E-state index in [2.05, 4.69) is 15.6 Å². The third-order valence-corrected chi connectivity index (χ3v) is 4.91. The summed E-state index contributed by atoms with van der Waals surface area (Å²) in [7, 11) is 0. The Morgan fingerprint density at radius 2 is 2.09 bits per heavy atom. The summed E-state index contributed by atoms with van der Waals surface area (Å²) in [6, 6.07) is 10.4. The van der Waals surface area contributed by atoms with Crippen molar-refractivity contribution in [1.29, 1.82) is 0 Å². The second-order valence-electron chi connectivity index (χ2n) is 4.82. The minimum Gasteiger partial charge on any atom is -0.351 e. The van der Waals surface area contributed by atoms with Crippen LogP contribution >= 0.6 is 22.7 Å². The maximum atomic E-state index is 13.6. The van der Waals surface area contributed by atoms with Crippen molar-refractivity contribution < 1.29 is 9.18 Å². The third kappa shape index (κ3) is 3.94. The number of thiophene rings is 1. The number of anilines is 2. The zero-order valence-corrected chi connectivity index (χ0v) is 13.9. The monoisotopic (exact) mass is 347 g/mol. The van der Waals surface area contributed by atoms with Crippen LogP contribution in [0.1, 0.15) is 11.8 Å². The predicted molar refractivity (Wildman–Crippen MR) is 92.6 cm³/mol. The van der Waals surface area contributed by atoms with E-state index in [1.54, 1.807) is 29.5 Å². The van der Waals surface area contributed by atoms with Crippen molar-refractivity contribution in [2.24, 2.45) is 0 Å². The molecule has 0 fully saturated rings. The lowest BCUT2D eigenvalue weighted by Crippen LogP contribution is -2.17. The lowest BCUT2D eigenvalue weighted by atomic mass is 10.3. The molecule has 3 aromatic rings. The topological polar surface area (TPSA) is 54.0 Å². The Morgan fingerprint density at radius 3 is 2.87 bits per heavy atom. The van der Waals surface area contributed by atoms with Crippen molar-refractivity contribution in [2.45, 2.75) is 13.5 Å². The first-order valence-electron chi connectivity index (χ1n) is 6.92. The minimum absolute atomic E-state index is 0.0509. The van der Waals surface area contributed by atoms with Crippen molar-refractivity contribution in [3.05, 3.63) is 52.5 Å². The van der Waals surface area contributed by atoms with Gasteiger partial charge < -0.3 is 10.6 Å². The number of carbonyl (C=O) groups excluding carboxylic acids is 1. The maximum absolute atomic E-state index is 13.6. The highest BCUT2D eigenvalue weighted by atomic mass is 32.1. The zero-order valence-electron chi connectivity index (χ0n) is 12.3. The first-order chi connectivity index (χ1) is 11.1. The Morgan fingerprint density at radius 1 is 1.26 bits per heavy atom. The molecular weight excluding hydrogens is 333 g/mol. The average Bonchev–Trinajstić information content (AvgIpc) is 3.16. The molecule has 0 radical (unpaired) electrons. The van der Waals surface area contributed by atoms with Crippen LogP contribution in [0.4, 0.5) is 15.2 Å². The van der Waals surface area contributed by atoms with E-state index >= 15 is 0 Å². The van der Waals surface area contributed by atoms with E-state index < -0.39 is 0 Å². The quantitative estimate of drug-likeness (QED) is 0.720. The molecule has 2 aromatic heterocycles. The van der Waals surface area contributed by atoms with Gasteiger partial charge >= 0.3 is 0 Å². The zero-order chi connectivity index (χ0) is 16.2. The fourth-order valence-electron chi connectivity index (χ4n) is 1.94. The average molecular weight is 347 g/mol. The van der Waals surface area contributed by atoms with E-state index in [0.717, 1.165) is 15.4 Å². The predicted octanol–water partition coefficient (Wildman–Crippen LogP) is 4.39. The van der Waals surface area contributed by atoms with Gasteiger partial charge in [-0.05, 0) is 24.3 Å². The van der Waals surface area contributed by atoms with Gasteiger partial charge in [-0.15, -0.1) is 22.7 Å². The van der Waals surface area contributed by atoms with Crippen LogP contribution in [0.25, 0.3) is 10.6 Å². The summed E-state index contributed by atoms with van der Waals surface area (Å²) in [6.45, 7) is 2.01. The van der Waals surface area contributed by atoms with Gasteiger partial charge in [0.1, 0.15) is 5.82 Å². The Balaban J connectivity index is 1.72. The Hall–Kier alpha value is -2.25. The number of halogens is 1. The fraction of sp³-hybridized carbons (Fsp3) is 0.125. The summed E-state index contributed by atoms with van der Waals surface area (Å²) in [6.07, 6.45) is 0. The van der Waals surface area contributed by atoms with Gasteiger partial charge in [-0.2, -0.15) is 0 Å². The molecule has 2 heterocycles. The third-order valence-electron chi connectivity index (χ3n) is 3.05. The lowest BCUT2D eigenvalue weighted by Gasteiger charge is -2.02. The van der Waals surface area contributed by atoms with Crippen molar-refractivity contribution in [2.75, 3.05) is 5.32 Å². The van der Waals surface area contributed by atoms with Gasteiger partial charge in [0.15, 0.2) is 5.13 Å². The molecule has 0 saturated heterocycles. The number of aromatic nitrogens is 1. The second kappa shape index (κ2) is 6.89. The number of rotatable bonds is 5. The Kier molecular flexibility index (Phi) is 4.68. The normalized spacial score (nSPS) is 10.5. The van der Waals surface area contributed by atoms with E-state index in [1.165, 1.54) is 24.3 Å². The van der Waals surface area contributed by atoms with Gasteiger partial charge in [0.25, 0.3) is 0 Å². The molecule has 0 aliphatic heterocycles. The van der Waals surface area contributed by atoms with Crippen molar-refractivity contribution in [3.63, 3.8) is 0 Å². The van der Waals surface area contributed by atoms with Crippen molar-refractivity contribution in [1.82, 2.24) is 10.3 Å². The van der Waals surface area contributed by atoms with Crippen LogP contribution in [0.15, 0.2) is 41.8 Å². The van der Waals surface area contributed by atoms with E-state index in [0.29, 0.717) is 17.4 Å². The van der Waals surface area contributed by atoms with Crippen LogP contribution in [0, 0.1) is 5.82 Å². The number of benzene rings is 1. The molecule has 0 aliphatic rings. The number of thiazole rings is 1. The van der Waals surface area contributed by atoms with E-state index in [-0.39, 0.29) is 11.7 Å². The highest BCUT2D eigenvalue weighted by Crippen LogP contribution is 2.32. The van der Waals surface area contributed by atoms with Crippen LogP contribution in [0.2, 0.25) is 0 Å². The molecule has 3 rings (SSSR count). The molecule has 0 aliphatic carbocycles. The van der Waals surface area contributed by atoms with Gasteiger partial charge in [0.05, 0.1) is 22.8 Å². The molecule has 0 spiro atoms. The van der Waals surface area contributed by atoms with Crippen LogP contribution in [0.3, 0.4) is 0 Å². The Bertz CT molecular complexity index is 828. The number of hydrogen-bond acceptors (Lipinski definition) is 5. The molecule has 23 heavy (non-hydrogen) atoms. The summed E-state index contributed by atoms with van der Waals surface area (Å²) in [5, 5.41) is 8.33. The molecule has 0 saturated carbocycles. The summed E-state index contributed by atoms with van der Waals surface area (Å²) in [5.41, 5.74) is 1.25. The van der Waals surface area contributed by atoms with Crippen LogP contribution in [-0.2, 0) is 11.3 Å². The largest absolute Gasteiger partial charge is 0.351 e. The number of hydrogen-bond donors (Lipinski definition) is 2. The van der Waals surface area contributed by atoms with Crippen molar-refractivity contribution >= 4 is 39.4 Å².